The predicted octanol–water partition coefficient (Wildman–Crippen LogP) is 6.06. The molecule has 0 saturated carbocycles. The van der Waals surface area contributed by atoms with Crippen LogP contribution in [-0.4, -0.2) is 16.8 Å². The van der Waals surface area contributed by atoms with E-state index in [0.29, 0.717) is 11.4 Å². The Labute approximate surface area is 210 Å². The second-order valence-corrected chi connectivity index (χ2v) is 12.4. The highest BCUT2D eigenvalue weighted by molar-refractivity contribution is 7.99. The number of hydrogen-bond donors (Lipinski definition) is 2. The van der Waals surface area contributed by atoms with E-state index in [0.717, 1.165) is 20.9 Å². The minimum Gasteiger partial charge on any atom is -0.279 e. The summed E-state index contributed by atoms with van der Waals surface area (Å²) in [6.07, 6.45) is 0. The maximum Gasteiger partial charge on any atom is 0.261 e. The quantitative estimate of drug-likeness (QED) is 0.292. The molecule has 0 aliphatic heterocycles. The van der Waals surface area contributed by atoms with E-state index in [1.165, 1.54) is 11.8 Å². The van der Waals surface area contributed by atoms with Crippen molar-refractivity contribution in [3.8, 4) is 0 Å². The zero-order valence-electron chi connectivity index (χ0n) is 19.1. The summed E-state index contributed by atoms with van der Waals surface area (Å²) in [6, 6.07) is 27.5. The molecule has 0 heterocycles. The van der Waals surface area contributed by atoms with E-state index in [4.69, 9.17) is 0 Å². The van der Waals surface area contributed by atoms with E-state index in [9.17, 15) is 16.8 Å². The minimum atomic E-state index is -3.71. The minimum absolute atomic E-state index is 0.161. The highest BCUT2D eigenvalue weighted by Crippen LogP contribution is 2.30. The molecule has 180 valence electrons. The summed E-state index contributed by atoms with van der Waals surface area (Å²) in [5.41, 5.74) is 2.75. The second kappa shape index (κ2) is 10.2. The molecule has 4 rings (SSSR count). The standard InChI is InChI=1S/C26H24N2O4S3/c1-19-7-3-5-9-25(19)27-34(29,30)23-15-11-21(12-16-23)33-22-13-17-24(18-14-22)35(31,32)28-26-10-6-4-8-20(26)2/h3-18,27-28H,1-2H3. The molecule has 0 fully saturated rings. The van der Waals surface area contributed by atoms with Crippen molar-refractivity contribution in [1.29, 1.82) is 0 Å². The molecule has 6 nitrogen and oxygen atoms in total. The second-order valence-electron chi connectivity index (χ2n) is 7.89. The fourth-order valence-corrected chi connectivity index (χ4v) is 6.37. The first-order valence-corrected chi connectivity index (χ1v) is 14.5. The monoisotopic (exact) mass is 524 g/mol. The highest BCUT2D eigenvalue weighted by atomic mass is 32.2. The third kappa shape index (κ3) is 6.05. The van der Waals surface area contributed by atoms with E-state index < -0.39 is 20.0 Å². The molecule has 0 bridgehead atoms. The molecule has 35 heavy (non-hydrogen) atoms. The molecule has 0 spiro atoms. The smallest absolute Gasteiger partial charge is 0.261 e. The van der Waals surface area contributed by atoms with Crippen molar-refractivity contribution in [2.75, 3.05) is 9.44 Å². The van der Waals surface area contributed by atoms with Crippen LogP contribution in [0.2, 0.25) is 0 Å². The maximum absolute atomic E-state index is 12.7. The van der Waals surface area contributed by atoms with Crippen molar-refractivity contribution in [2.24, 2.45) is 0 Å². The molecule has 0 aliphatic rings. The van der Waals surface area contributed by atoms with Gasteiger partial charge in [-0.3, -0.25) is 9.44 Å². The Balaban J connectivity index is 1.44. The lowest BCUT2D eigenvalue weighted by Crippen LogP contribution is -2.13. The van der Waals surface area contributed by atoms with Crippen molar-refractivity contribution in [3.05, 3.63) is 108 Å². The average molecular weight is 525 g/mol. The van der Waals surface area contributed by atoms with Crippen LogP contribution in [0.1, 0.15) is 11.1 Å². The van der Waals surface area contributed by atoms with Crippen molar-refractivity contribution < 1.29 is 16.8 Å². The Hall–Kier alpha value is -3.27. The summed E-state index contributed by atoms with van der Waals surface area (Å²) in [5, 5.41) is 0. The number of anilines is 2. The van der Waals surface area contributed by atoms with Gasteiger partial charge in [-0.15, -0.1) is 0 Å². The van der Waals surface area contributed by atoms with E-state index in [-0.39, 0.29) is 9.79 Å². The van der Waals surface area contributed by atoms with Gasteiger partial charge in [0.1, 0.15) is 0 Å². The molecule has 2 N–H and O–H groups in total. The number of para-hydroxylation sites is 2. The van der Waals surface area contributed by atoms with Crippen LogP contribution in [0.3, 0.4) is 0 Å². The number of nitrogens with one attached hydrogen (secondary N) is 2. The number of benzene rings is 4. The van der Waals surface area contributed by atoms with Crippen molar-refractivity contribution in [2.45, 2.75) is 33.4 Å². The van der Waals surface area contributed by atoms with Crippen LogP contribution in [0.5, 0.6) is 0 Å². The van der Waals surface area contributed by atoms with Gasteiger partial charge in [-0.2, -0.15) is 0 Å². The Morgan fingerprint density at radius 3 is 1.20 bits per heavy atom. The van der Waals surface area contributed by atoms with Gasteiger partial charge in [0.2, 0.25) is 0 Å². The SMILES string of the molecule is Cc1ccccc1NS(=O)(=O)c1ccc(Sc2ccc(S(=O)(=O)Nc3ccccc3C)cc2)cc1. The molecule has 4 aromatic rings. The normalized spacial score (nSPS) is 11.7. The maximum atomic E-state index is 12.7. The highest BCUT2D eigenvalue weighted by Gasteiger charge is 2.17. The Morgan fingerprint density at radius 2 is 0.857 bits per heavy atom. The van der Waals surface area contributed by atoms with E-state index in [1.807, 2.05) is 38.1 Å². The van der Waals surface area contributed by atoms with E-state index in [1.54, 1.807) is 72.8 Å². The van der Waals surface area contributed by atoms with Crippen LogP contribution >= 0.6 is 11.8 Å². The third-order valence-corrected chi connectivity index (χ3v) is 9.06. The Kier molecular flexibility index (Phi) is 7.20. The zero-order chi connectivity index (χ0) is 25.1. The number of rotatable bonds is 8. The summed E-state index contributed by atoms with van der Waals surface area (Å²) < 4.78 is 56.1. The first-order chi connectivity index (χ1) is 16.6. The van der Waals surface area contributed by atoms with Gasteiger partial charge in [0.15, 0.2) is 0 Å². The molecule has 0 radical (unpaired) electrons. The molecule has 0 aromatic heterocycles. The zero-order valence-corrected chi connectivity index (χ0v) is 21.5. The van der Waals surface area contributed by atoms with Gasteiger partial charge in [0.05, 0.1) is 21.2 Å². The fourth-order valence-electron chi connectivity index (χ4n) is 3.29. The van der Waals surface area contributed by atoms with Crippen LogP contribution in [-0.2, 0) is 20.0 Å². The summed E-state index contributed by atoms with van der Waals surface area (Å²) in [5.74, 6) is 0. The van der Waals surface area contributed by atoms with Crippen LogP contribution in [0, 0.1) is 13.8 Å². The lowest BCUT2D eigenvalue weighted by atomic mass is 10.2. The molecular weight excluding hydrogens is 500 g/mol. The molecule has 0 aliphatic carbocycles. The number of hydrogen-bond acceptors (Lipinski definition) is 5. The van der Waals surface area contributed by atoms with Crippen LogP contribution in [0.25, 0.3) is 0 Å². The predicted molar refractivity (Wildman–Crippen MR) is 141 cm³/mol. The summed E-state index contributed by atoms with van der Waals surface area (Å²) in [6.45, 7) is 3.68. The van der Waals surface area contributed by atoms with Gasteiger partial charge in [-0.25, -0.2) is 16.8 Å². The van der Waals surface area contributed by atoms with Crippen molar-refractivity contribution >= 4 is 43.2 Å². The molecule has 0 amide bonds. The van der Waals surface area contributed by atoms with Gasteiger partial charge in [-0.05, 0) is 85.6 Å². The van der Waals surface area contributed by atoms with Gasteiger partial charge < -0.3 is 0 Å². The molecule has 0 unspecified atom stereocenters. The molecule has 0 atom stereocenters. The Bertz CT molecular complexity index is 1430. The third-order valence-electron chi connectivity index (χ3n) is 5.28. The van der Waals surface area contributed by atoms with Crippen LogP contribution < -0.4 is 9.44 Å². The van der Waals surface area contributed by atoms with Gasteiger partial charge in [-0.1, -0.05) is 48.2 Å². The van der Waals surface area contributed by atoms with Gasteiger partial charge in [0, 0.05) is 9.79 Å². The van der Waals surface area contributed by atoms with Gasteiger partial charge in [0.25, 0.3) is 20.0 Å². The van der Waals surface area contributed by atoms with Crippen LogP contribution in [0.4, 0.5) is 11.4 Å². The number of sulfonamides is 2. The lowest BCUT2D eigenvalue weighted by Gasteiger charge is -2.11. The fraction of sp³-hybridized carbons (Fsp3) is 0.0769. The molecule has 0 saturated heterocycles. The largest absolute Gasteiger partial charge is 0.279 e. The Morgan fingerprint density at radius 1 is 0.514 bits per heavy atom. The summed E-state index contributed by atoms with van der Waals surface area (Å²) >= 11 is 1.41. The molecular formula is C26H24N2O4S3. The van der Waals surface area contributed by atoms with E-state index >= 15 is 0 Å². The number of aryl methyl sites for hydroxylation is 2. The lowest BCUT2D eigenvalue weighted by molar-refractivity contribution is 0.599. The molecule has 9 heteroatoms. The van der Waals surface area contributed by atoms with Gasteiger partial charge >= 0.3 is 0 Å². The summed E-state index contributed by atoms with van der Waals surface area (Å²) in [4.78, 5) is 1.98. The summed E-state index contributed by atoms with van der Waals surface area (Å²) in [7, 11) is -7.42. The van der Waals surface area contributed by atoms with Crippen molar-refractivity contribution in [1.82, 2.24) is 0 Å². The van der Waals surface area contributed by atoms with Crippen molar-refractivity contribution in [3.63, 3.8) is 0 Å². The topological polar surface area (TPSA) is 92.3 Å². The first kappa shape index (κ1) is 24.8. The first-order valence-electron chi connectivity index (χ1n) is 10.7. The average Bonchev–Trinajstić information content (AvgIpc) is 2.83. The van der Waals surface area contributed by atoms with E-state index in [2.05, 4.69) is 9.44 Å². The van der Waals surface area contributed by atoms with Crippen LogP contribution in [0.15, 0.2) is 117 Å². The molecule has 4 aromatic carbocycles.